The minimum absolute atomic E-state index is 0.236. The van der Waals surface area contributed by atoms with Gasteiger partial charge in [0, 0.05) is 24.0 Å². The fourth-order valence-corrected chi connectivity index (χ4v) is 3.49. The molecule has 1 N–H and O–H groups in total. The summed E-state index contributed by atoms with van der Waals surface area (Å²) in [4.78, 5) is 7.10. The molecule has 2 rings (SSSR count). The van der Waals surface area contributed by atoms with E-state index in [2.05, 4.69) is 29.1 Å². The van der Waals surface area contributed by atoms with Crippen LogP contribution in [0.2, 0.25) is 0 Å². The summed E-state index contributed by atoms with van der Waals surface area (Å²) < 4.78 is 0. The Balaban J connectivity index is 2.03. The highest BCUT2D eigenvalue weighted by Crippen LogP contribution is 2.27. The lowest BCUT2D eigenvalue weighted by atomic mass is 10.1. The predicted octanol–water partition coefficient (Wildman–Crippen LogP) is 2.83. The van der Waals surface area contributed by atoms with E-state index in [1.807, 2.05) is 0 Å². The summed E-state index contributed by atoms with van der Waals surface area (Å²) in [5, 5.41) is 12.8. The van der Waals surface area contributed by atoms with Crippen LogP contribution in [0.25, 0.3) is 0 Å². The molecule has 102 valence electrons. The number of hydrogen-bond donors (Lipinski definition) is 1. The van der Waals surface area contributed by atoms with Crippen molar-refractivity contribution >= 4 is 11.3 Å². The lowest BCUT2D eigenvalue weighted by Gasteiger charge is -2.33. The molecule has 0 amide bonds. The Hall–Kier alpha value is -0.450. The molecule has 0 saturated heterocycles. The number of rotatable bonds is 6. The number of aryl methyl sites for hydroxylation is 1. The second-order valence-corrected chi connectivity index (χ2v) is 6.17. The van der Waals surface area contributed by atoms with Gasteiger partial charge in [0.2, 0.25) is 0 Å². The van der Waals surface area contributed by atoms with E-state index in [4.69, 9.17) is 0 Å². The molecule has 3 nitrogen and oxygen atoms in total. The van der Waals surface area contributed by atoms with E-state index in [0.29, 0.717) is 6.04 Å². The van der Waals surface area contributed by atoms with Crippen LogP contribution in [-0.4, -0.2) is 33.7 Å². The molecular weight excluding hydrogens is 244 g/mol. The van der Waals surface area contributed by atoms with Gasteiger partial charge in [-0.25, -0.2) is 4.98 Å². The van der Waals surface area contributed by atoms with Gasteiger partial charge in [-0.1, -0.05) is 19.8 Å². The molecule has 1 aromatic heterocycles. The van der Waals surface area contributed by atoms with Crippen molar-refractivity contribution in [3.63, 3.8) is 0 Å². The highest BCUT2D eigenvalue weighted by molar-refractivity contribution is 7.09. The van der Waals surface area contributed by atoms with Crippen molar-refractivity contribution in [2.24, 2.45) is 0 Å². The molecule has 1 atom stereocenters. The molecule has 0 aliphatic heterocycles. The van der Waals surface area contributed by atoms with Crippen molar-refractivity contribution < 1.29 is 5.11 Å². The summed E-state index contributed by atoms with van der Waals surface area (Å²) in [6, 6.07) is 0.874. The highest BCUT2D eigenvalue weighted by atomic mass is 32.1. The second kappa shape index (κ2) is 6.64. The Morgan fingerprint density at radius 3 is 2.78 bits per heavy atom. The van der Waals surface area contributed by atoms with Gasteiger partial charge in [0.25, 0.3) is 0 Å². The largest absolute Gasteiger partial charge is 0.395 e. The maximum Gasteiger partial charge on any atom is 0.0926 e. The third-order valence-electron chi connectivity index (χ3n) is 3.87. The Bertz CT molecular complexity index is 360. The van der Waals surface area contributed by atoms with Crippen LogP contribution in [-0.2, 0) is 13.0 Å². The zero-order valence-electron chi connectivity index (χ0n) is 11.4. The Morgan fingerprint density at radius 2 is 2.22 bits per heavy atom. The van der Waals surface area contributed by atoms with E-state index in [-0.39, 0.29) is 12.6 Å². The van der Waals surface area contributed by atoms with Gasteiger partial charge in [-0.05, 0) is 26.2 Å². The van der Waals surface area contributed by atoms with Crippen LogP contribution in [0.3, 0.4) is 0 Å². The van der Waals surface area contributed by atoms with E-state index in [1.54, 1.807) is 11.3 Å². The molecule has 1 aliphatic rings. The lowest BCUT2D eigenvalue weighted by Crippen LogP contribution is -2.41. The monoisotopic (exact) mass is 268 g/mol. The zero-order chi connectivity index (χ0) is 13.0. The molecular formula is C14H24N2OS. The standard InChI is InChI=1S/C14H24N2OS/c1-3-14-15-12(10-18-14)8-16(11(2)9-17)13-6-4-5-7-13/h10-11,13,17H,3-9H2,1-2H3/t11-/m0/s1. The summed E-state index contributed by atoms with van der Waals surface area (Å²) >= 11 is 1.75. The summed E-state index contributed by atoms with van der Waals surface area (Å²) in [5.74, 6) is 0. The van der Waals surface area contributed by atoms with Gasteiger partial charge in [-0.3, -0.25) is 4.90 Å². The summed E-state index contributed by atoms with van der Waals surface area (Å²) in [7, 11) is 0. The highest BCUT2D eigenvalue weighted by Gasteiger charge is 2.26. The van der Waals surface area contributed by atoms with Gasteiger partial charge in [0.15, 0.2) is 0 Å². The fraction of sp³-hybridized carbons (Fsp3) is 0.786. The van der Waals surface area contributed by atoms with Crippen LogP contribution in [0, 0.1) is 0 Å². The summed E-state index contributed by atoms with van der Waals surface area (Å²) in [6.07, 6.45) is 6.22. The zero-order valence-corrected chi connectivity index (χ0v) is 12.2. The molecule has 1 aromatic rings. The second-order valence-electron chi connectivity index (χ2n) is 5.23. The number of aliphatic hydroxyl groups is 1. The molecule has 1 fully saturated rings. The molecule has 1 saturated carbocycles. The Morgan fingerprint density at radius 1 is 1.50 bits per heavy atom. The smallest absolute Gasteiger partial charge is 0.0926 e. The number of thiazole rings is 1. The third kappa shape index (κ3) is 3.31. The number of hydrogen-bond acceptors (Lipinski definition) is 4. The van der Waals surface area contributed by atoms with Crippen LogP contribution in [0.5, 0.6) is 0 Å². The summed E-state index contributed by atoms with van der Waals surface area (Å²) in [6.45, 7) is 5.39. The van der Waals surface area contributed by atoms with Gasteiger partial charge in [-0.2, -0.15) is 0 Å². The van der Waals surface area contributed by atoms with Gasteiger partial charge in [-0.15, -0.1) is 11.3 Å². The van der Waals surface area contributed by atoms with Crippen LogP contribution in [0.4, 0.5) is 0 Å². The van der Waals surface area contributed by atoms with Crippen LogP contribution < -0.4 is 0 Å². The number of aliphatic hydroxyl groups excluding tert-OH is 1. The third-order valence-corrected chi connectivity index (χ3v) is 4.91. The lowest BCUT2D eigenvalue weighted by molar-refractivity contribution is 0.0864. The van der Waals surface area contributed by atoms with E-state index >= 15 is 0 Å². The predicted molar refractivity (Wildman–Crippen MR) is 75.8 cm³/mol. The van der Waals surface area contributed by atoms with Gasteiger partial charge < -0.3 is 5.11 Å². The topological polar surface area (TPSA) is 36.4 Å². The molecule has 1 aliphatic carbocycles. The molecule has 4 heteroatoms. The van der Waals surface area contributed by atoms with Crippen LogP contribution >= 0.6 is 11.3 Å². The van der Waals surface area contributed by atoms with Crippen molar-refractivity contribution in [3.8, 4) is 0 Å². The molecule has 0 unspecified atom stereocenters. The van der Waals surface area contributed by atoms with E-state index in [1.165, 1.54) is 36.4 Å². The first-order valence-electron chi connectivity index (χ1n) is 7.04. The van der Waals surface area contributed by atoms with Crippen molar-refractivity contribution in [1.82, 2.24) is 9.88 Å². The molecule has 0 bridgehead atoms. The number of aromatic nitrogens is 1. The van der Waals surface area contributed by atoms with E-state index in [0.717, 1.165) is 13.0 Å². The molecule has 0 aromatic carbocycles. The molecule has 18 heavy (non-hydrogen) atoms. The maximum absolute atomic E-state index is 9.44. The molecule has 0 spiro atoms. The average molecular weight is 268 g/mol. The van der Waals surface area contributed by atoms with Gasteiger partial charge in [0.05, 0.1) is 17.3 Å². The first-order chi connectivity index (χ1) is 8.74. The van der Waals surface area contributed by atoms with Gasteiger partial charge in [0.1, 0.15) is 0 Å². The van der Waals surface area contributed by atoms with E-state index < -0.39 is 0 Å². The fourth-order valence-electron chi connectivity index (χ4n) is 2.76. The number of nitrogens with zero attached hydrogens (tertiary/aromatic N) is 2. The van der Waals surface area contributed by atoms with Crippen LogP contribution in [0.1, 0.15) is 50.2 Å². The first-order valence-corrected chi connectivity index (χ1v) is 7.92. The summed E-state index contributed by atoms with van der Waals surface area (Å²) in [5.41, 5.74) is 1.17. The van der Waals surface area contributed by atoms with E-state index in [9.17, 15) is 5.11 Å². The van der Waals surface area contributed by atoms with Crippen molar-refractivity contribution in [1.29, 1.82) is 0 Å². The Kier molecular flexibility index (Phi) is 5.15. The quantitative estimate of drug-likeness (QED) is 0.862. The average Bonchev–Trinajstić information content (AvgIpc) is 3.05. The maximum atomic E-state index is 9.44. The van der Waals surface area contributed by atoms with Crippen molar-refractivity contribution in [2.45, 2.75) is 64.6 Å². The minimum Gasteiger partial charge on any atom is -0.395 e. The molecule has 1 heterocycles. The van der Waals surface area contributed by atoms with Crippen molar-refractivity contribution in [3.05, 3.63) is 16.1 Å². The SMILES string of the molecule is CCc1nc(CN(C2CCCC2)[C@@H](C)CO)cs1. The van der Waals surface area contributed by atoms with Crippen molar-refractivity contribution in [2.75, 3.05) is 6.61 Å². The normalized spacial score (nSPS) is 18.7. The molecule has 0 radical (unpaired) electrons. The first kappa shape index (κ1) is 14.0. The minimum atomic E-state index is 0.236. The van der Waals surface area contributed by atoms with Gasteiger partial charge >= 0.3 is 0 Å². The van der Waals surface area contributed by atoms with Crippen LogP contribution in [0.15, 0.2) is 5.38 Å². The Labute approximate surface area is 114 Å².